The Morgan fingerprint density at radius 2 is 1.95 bits per heavy atom. The molecule has 0 spiro atoms. The summed E-state index contributed by atoms with van der Waals surface area (Å²) in [6, 6.07) is 14.8. The number of phenols is 1. The van der Waals surface area contributed by atoms with Gasteiger partial charge in [0, 0.05) is 10.3 Å². The summed E-state index contributed by atoms with van der Waals surface area (Å²) in [7, 11) is 0. The number of fused-ring (bicyclic) bond motifs is 1. The molecule has 1 heterocycles. The molecule has 1 aromatic heterocycles. The van der Waals surface area contributed by atoms with Crippen molar-refractivity contribution < 1.29 is 9.90 Å². The molecule has 5 heteroatoms. The Morgan fingerprint density at radius 3 is 2.71 bits per heavy atom. The SMILES string of the molecule is O=C(NCc1ccc(Br)s1)c1ccc2ccccc2c1O. The van der Waals surface area contributed by atoms with E-state index in [9.17, 15) is 9.90 Å². The van der Waals surface area contributed by atoms with Gasteiger partial charge in [0.15, 0.2) is 0 Å². The van der Waals surface area contributed by atoms with Crippen molar-refractivity contribution in [3.63, 3.8) is 0 Å². The van der Waals surface area contributed by atoms with Crippen LogP contribution >= 0.6 is 27.3 Å². The van der Waals surface area contributed by atoms with Gasteiger partial charge in [0.25, 0.3) is 5.91 Å². The van der Waals surface area contributed by atoms with Gasteiger partial charge in [-0.1, -0.05) is 30.3 Å². The molecule has 0 bridgehead atoms. The van der Waals surface area contributed by atoms with E-state index in [2.05, 4.69) is 21.2 Å². The molecule has 0 atom stereocenters. The number of halogens is 1. The van der Waals surface area contributed by atoms with Gasteiger partial charge in [-0.05, 0) is 39.5 Å². The van der Waals surface area contributed by atoms with E-state index in [0.29, 0.717) is 17.5 Å². The highest BCUT2D eigenvalue weighted by atomic mass is 79.9. The fourth-order valence-electron chi connectivity index (χ4n) is 2.15. The van der Waals surface area contributed by atoms with E-state index in [1.807, 2.05) is 36.4 Å². The lowest BCUT2D eigenvalue weighted by atomic mass is 10.0. The lowest BCUT2D eigenvalue weighted by Crippen LogP contribution is -2.22. The summed E-state index contributed by atoms with van der Waals surface area (Å²) < 4.78 is 1.03. The van der Waals surface area contributed by atoms with Crippen molar-refractivity contribution in [3.8, 4) is 5.75 Å². The first-order valence-corrected chi connectivity index (χ1v) is 7.99. The molecule has 3 rings (SSSR count). The highest BCUT2D eigenvalue weighted by molar-refractivity contribution is 9.11. The summed E-state index contributed by atoms with van der Waals surface area (Å²) in [6.07, 6.45) is 0. The minimum atomic E-state index is -0.275. The highest BCUT2D eigenvalue weighted by Crippen LogP contribution is 2.28. The molecule has 0 saturated heterocycles. The van der Waals surface area contributed by atoms with Crippen LogP contribution in [0, 0.1) is 0 Å². The molecule has 3 nitrogen and oxygen atoms in total. The second kappa shape index (κ2) is 5.87. The normalized spacial score (nSPS) is 10.7. The van der Waals surface area contributed by atoms with E-state index in [1.54, 1.807) is 23.5 Å². The van der Waals surface area contributed by atoms with Crippen LogP contribution in [0.25, 0.3) is 10.8 Å². The van der Waals surface area contributed by atoms with Crippen LogP contribution in [0.15, 0.2) is 52.3 Å². The number of benzene rings is 2. The Labute approximate surface area is 134 Å². The number of amides is 1. The van der Waals surface area contributed by atoms with Crippen molar-refractivity contribution in [2.24, 2.45) is 0 Å². The standard InChI is InChI=1S/C16H12BrNO2S/c17-14-8-6-11(21-14)9-18-16(20)13-7-5-10-3-1-2-4-12(10)15(13)19/h1-8,19H,9H2,(H,18,20). The van der Waals surface area contributed by atoms with Gasteiger partial charge < -0.3 is 10.4 Å². The van der Waals surface area contributed by atoms with Crippen LogP contribution < -0.4 is 5.32 Å². The van der Waals surface area contributed by atoms with Gasteiger partial charge in [-0.2, -0.15) is 0 Å². The van der Waals surface area contributed by atoms with Crippen molar-refractivity contribution in [2.75, 3.05) is 0 Å². The molecule has 0 aliphatic carbocycles. The van der Waals surface area contributed by atoms with Crippen molar-refractivity contribution in [1.29, 1.82) is 0 Å². The van der Waals surface area contributed by atoms with E-state index >= 15 is 0 Å². The minimum absolute atomic E-state index is 0.0259. The quantitative estimate of drug-likeness (QED) is 0.730. The van der Waals surface area contributed by atoms with Gasteiger partial charge in [0.2, 0.25) is 0 Å². The Balaban J connectivity index is 1.82. The molecule has 3 aromatic rings. The smallest absolute Gasteiger partial charge is 0.255 e. The first-order valence-electron chi connectivity index (χ1n) is 6.38. The first kappa shape index (κ1) is 14.1. The Hall–Kier alpha value is -1.85. The summed E-state index contributed by atoms with van der Waals surface area (Å²) in [4.78, 5) is 13.3. The molecule has 2 aromatic carbocycles. The molecule has 0 fully saturated rings. The third-order valence-corrected chi connectivity index (χ3v) is 4.82. The zero-order chi connectivity index (χ0) is 14.8. The molecule has 2 N–H and O–H groups in total. The number of aromatic hydroxyl groups is 1. The molecule has 0 aliphatic heterocycles. The Morgan fingerprint density at radius 1 is 1.14 bits per heavy atom. The van der Waals surface area contributed by atoms with Crippen LogP contribution in [0.4, 0.5) is 0 Å². The van der Waals surface area contributed by atoms with Gasteiger partial charge >= 0.3 is 0 Å². The molecule has 0 aliphatic rings. The largest absolute Gasteiger partial charge is 0.506 e. The topological polar surface area (TPSA) is 49.3 Å². The van der Waals surface area contributed by atoms with Gasteiger partial charge in [-0.15, -0.1) is 11.3 Å². The molecular formula is C16H12BrNO2S. The number of hydrogen-bond donors (Lipinski definition) is 2. The lowest BCUT2D eigenvalue weighted by Gasteiger charge is -2.08. The summed E-state index contributed by atoms with van der Waals surface area (Å²) in [5.74, 6) is -0.249. The maximum Gasteiger partial charge on any atom is 0.255 e. The molecular weight excluding hydrogens is 350 g/mol. The van der Waals surface area contributed by atoms with Crippen molar-refractivity contribution in [3.05, 3.63) is 62.8 Å². The second-order valence-electron chi connectivity index (χ2n) is 4.57. The summed E-state index contributed by atoms with van der Waals surface area (Å²) in [5, 5.41) is 14.7. The first-order chi connectivity index (χ1) is 10.1. The molecule has 0 saturated carbocycles. The molecule has 0 unspecified atom stereocenters. The molecule has 1 amide bonds. The summed E-state index contributed by atoms with van der Waals surface area (Å²) >= 11 is 4.96. The number of carbonyl (C=O) groups excluding carboxylic acids is 1. The second-order valence-corrected chi connectivity index (χ2v) is 7.12. The number of thiophene rings is 1. The lowest BCUT2D eigenvalue weighted by molar-refractivity contribution is 0.0949. The summed E-state index contributed by atoms with van der Waals surface area (Å²) in [5.41, 5.74) is 0.296. The van der Waals surface area contributed by atoms with E-state index in [1.165, 1.54) is 0 Å². The fraction of sp³-hybridized carbons (Fsp3) is 0.0625. The predicted octanol–water partition coefficient (Wildman–Crippen LogP) is 4.30. The Kier molecular flexibility index (Phi) is 3.94. The van der Waals surface area contributed by atoms with E-state index < -0.39 is 0 Å². The molecule has 106 valence electrons. The van der Waals surface area contributed by atoms with Gasteiger partial charge in [-0.3, -0.25) is 4.79 Å². The van der Waals surface area contributed by atoms with Crippen LogP contribution in [0.5, 0.6) is 5.75 Å². The van der Waals surface area contributed by atoms with Gasteiger partial charge in [-0.25, -0.2) is 0 Å². The van der Waals surface area contributed by atoms with E-state index in [4.69, 9.17) is 0 Å². The number of carbonyl (C=O) groups is 1. The zero-order valence-corrected chi connectivity index (χ0v) is 13.4. The van der Waals surface area contributed by atoms with Crippen LogP contribution in [0.2, 0.25) is 0 Å². The van der Waals surface area contributed by atoms with Crippen LogP contribution in [-0.4, -0.2) is 11.0 Å². The van der Waals surface area contributed by atoms with E-state index in [0.717, 1.165) is 14.0 Å². The average Bonchev–Trinajstić information content (AvgIpc) is 2.91. The maximum atomic E-state index is 12.2. The van der Waals surface area contributed by atoms with Crippen molar-refractivity contribution in [1.82, 2.24) is 5.32 Å². The fourth-order valence-corrected chi connectivity index (χ4v) is 3.57. The van der Waals surface area contributed by atoms with Gasteiger partial charge in [0.05, 0.1) is 15.9 Å². The summed E-state index contributed by atoms with van der Waals surface area (Å²) in [6.45, 7) is 0.446. The van der Waals surface area contributed by atoms with Crippen molar-refractivity contribution in [2.45, 2.75) is 6.54 Å². The van der Waals surface area contributed by atoms with E-state index in [-0.39, 0.29) is 11.7 Å². The minimum Gasteiger partial charge on any atom is -0.506 e. The monoisotopic (exact) mass is 361 g/mol. The maximum absolute atomic E-state index is 12.2. The Bertz CT molecular complexity index is 813. The van der Waals surface area contributed by atoms with Crippen LogP contribution in [0.1, 0.15) is 15.2 Å². The predicted molar refractivity (Wildman–Crippen MR) is 88.8 cm³/mol. The number of hydrogen-bond acceptors (Lipinski definition) is 3. The third kappa shape index (κ3) is 2.94. The van der Waals surface area contributed by atoms with Gasteiger partial charge in [0.1, 0.15) is 5.75 Å². The molecule has 21 heavy (non-hydrogen) atoms. The van der Waals surface area contributed by atoms with Crippen LogP contribution in [-0.2, 0) is 6.54 Å². The third-order valence-electron chi connectivity index (χ3n) is 3.20. The molecule has 0 radical (unpaired) electrons. The van der Waals surface area contributed by atoms with Crippen LogP contribution in [0.3, 0.4) is 0 Å². The highest BCUT2D eigenvalue weighted by Gasteiger charge is 2.13. The number of nitrogens with one attached hydrogen (secondary N) is 1. The number of phenolic OH excluding ortho intramolecular Hbond substituents is 1. The average molecular weight is 362 g/mol. The zero-order valence-electron chi connectivity index (χ0n) is 11.0. The van der Waals surface area contributed by atoms with Crippen molar-refractivity contribution >= 4 is 43.9 Å². The number of rotatable bonds is 3.